The Balaban J connectivity index is 1.38. The number of hydrogen-bond donors (Lipinski definition) is 0. The summed E-state index contributed by atoms with van der Waals surface area (Å²) in [5, 5.41) is 0. The van der Waals surface area contributed by atoms with E-state index in [-0.39, 0.29) is 23.3 Å². The number of imidazole rings is 1. The fourth-order valence-corrected chi connectivity index (χ4v) is 7.35. The molecule has 3 heterocycles. The van der Waals surface area contributed by atoms with Gasteiger partial charge in [0.1, 0.15) is 0 Å². The van der Waals surface area contributed by atoms with Crippen LogP contribution >= 0.6 is 21.6 Å². The molecule has 3 rings (SSSR count). The summed E-state index contributed by atoms with van der Waals surface area (Å²) in [5.41, 5.74) is 0.151. The van der Waals surface area contributed by atoms with E-state index in [1.54, 1.807) is 25.0 Å². The predicted molar refractivity (Wildman–Crippen MR) is 131 cm³/mol. The van der Waals surface area contributed by atoms with Crippen LogP contribution in [0.1, 0.15) is 65.2 Å². The van der Waals surface area contributed by atoms with Crippen LogP contribution in [0.5, 0.6) is 0 Å². The van der Waals surface area contributed by atoms with E-state index in [1.165, 1.54) is 21.3 Å². The summed E-state index contributed by atoms with van der Waals surface area (Å²) in [6.45, 7) is 4.55. The van der Waals surface area contributed by atoms with Crippen LogP contribution in [0, 0.1) is 0 Å². The van der Waals surface area contributed by atoms with Gasteiger partial charge in [-0.2, -0.15) is 0 Å². The number of nitrogens with zero attached hydrogens (tertiary/aromatic N) is 4. The van der Waals surface area contributed by atoms with Gasteiger partial charge in [-0.25, -0.2) is 9.78 Å². The first-order valence-corrected chi connectivity index (χ1v) is 13.6. The van der Waals surface area contributed by atoms with E-state index >= 15 is 0 Å². The smallest absolute Gasteiger partial charge is 0.332 e. The first kappa shape index (κ1) is 25.0. The van der Waals surface area contributed by atoms with Gasteiger partial charge in [0.15, 0.2) is 11.2 Å². The number of aryl methyl sites for hydroxylation is 2. The molecule has 0 saturated carbocycles. The van der Waals surface area contributed by atoms with Crippen LogP contribution in [0.3, 0.4) is 0 Å². The van der Waals surface area contributed by atoms with Crippen LogP contribution < -0.4 is 11.2 Å². The van der Waals surface area contributed by atoms with Crippen molar-refractivity contribution in [3.63, 3.8) is 0 Å². The Hall–Kier alpha value is -1.68. The molecule has 0 N–H and O–H groups in total. The molecule has 2 aromatic heterocycles. The van der Waals surface area contributed by atoms with Gasteiger partial charge in [0, 0.05) is 37.6 Å². The molecule has 2 atom stereocenters. The predicted octanol–water partition coefficient (Wildman–Crippen LogP) is 3.64. The van der Waals surface area contributed by atoms with E-state index in [0.29, 0.717) is 41.7 Å². The van der Waals surface area contributed by atoms with E-state index in [2.05, 4.69) is 11.9 Å². The molecule has 1 fully saturated rings. The van der Waals surface area contributed by atoms with Gasteiger partial charge in [-0.1, -0.05) is 28.0 Å². The number of rotatable bonds is 11. The van der Waals surface area contributed by atoms with Crippen molar-refractivity contribution < 1.29 is 9.53 Å². The minimum Gasteiger partial charge on any atom is -0.463 e. The van der Waals surface area contributed by atoms with Gasteiger partial charge >= 0.3 is 11.7 Å². The van der Waals surface area contributed by atoms with Crippen molar-refractivity contribution in [3.8, 4) is 0 Å². The van der Waals surface area contributed by atoms with Gasteiger partial charge < -0.3 is 9.30 Å². The van der Waals surface area contributed by atoms with E-state index < -0.39 is 0 Å². The summed E-state index contributed by atoms with van der Waals surface area (Å²) in [6, 6.07) is 0. The maximum atomic E-state index is 12.7. The summed E-state index contributed by atoms with van der Waals surface area (Å²) >= 11 is 0. The van der Waals surface area contributed by atoms with Crippen molar-refractivity contribution in [1.82, 2.24) is 18.7 Å². The van der Waals surface area contributed by atoms with Gasteiger partial charge in [-0.3, -0.25) is 18.7 Å². The molecule has 1 saturated heterocycles. The minimum atomic E-state index is -0.357. The molecule has 0 aromatic carbocycles. The second-order valence-corrected chi connectivity index (χ2v) is 11.9. The molecule has 2 aromatic rings. The molecule has 0 aliphatic carbocycles. The van der Waals surface area contributed by atoms with Crippen LogP contribution in [0.15, 0.2) is 15.9 Å². The van der Waals surface area contributed by atoms with Gasteiger partial charge in [-0.15, -0.1) is 0 Å². The highest BCUT2D eigenvalue weighted by atomic mass is 33.1. The van der Waals surface area contributed by atoms with Gasteiger partial charge in [-0.05, 0) is 52.4 Å². The molecular weight excluding hydrogens is 448 g/mol. The molecule has 10 heteroatoms. The van der Waals surface area contributed by atoms with E-state index in [9.17, 15) is 14.4 Å². The molecule has 0 radical (unpaired) electrons. The first-order valence-electron chi connectivity index (χ1n) is 11.3. The summed E-state index contributed by atoms with van der Waals surface area (Å²) in [6.07, 6.45) is 8.30. The van der Waals surface area contributed by atoms with Crippen LogP contribution in [-0.2, 0) is 30.2 Å². The zero-order valence-corrected chi connectivity index (χ0v) is 21.1. The van der Waals surface area contributed by atoms with E-state index in [0.717, 1.165) is 25.7 Å². The first-order chi connectivity index (χ1) is 15.2. The topological polar surface area (TPSA) is 88.1 Å². The normalized spacial score (nSPS) is 19.5. The van der Waals surface area contributed by atoms with Crippen molar-refractivity contribution in [2.45, 2.75) is 82.6 Å². The van der Waals surface area contributed by atoms with Crippen LogP contribution in [-0.4, -0.2) is 41.3 Å². The molecule has 0 spiro atoms. The average molecular weight is 483 g/mol. The number of ether oxygens (including phenoxy) is 1. The molecule has 0 bridgehead atoms. The third-order valence-corrected chi connectivity index (χ3v) is 9.45. The van der Waals surface area contributed by atoms with Crippen molar-refractivity contribution in [1.29, 1.82) is 0 Å². The zero-order chi connectivity index (χ0) is 23.3. The van der Waals surface area contributed by atoms with Crippen LogP contribution in [0.4, 0.5) is 0 Å². The monoisotopic (exact) mass is 482 g/mol. The lowest BCUT2D eigenvalue weighted by molar-refractivity contribution is -0.148. The molecule has 1 aliphatic rings. The van der Waals surface area contributed by atoms with Crippen molar-refractivity contribution >= 4 is 38.7 Å². The largest absolute Gasteiger partial charge is 0.463 e. The third-order valence-electron chi connectivity index (χ3n) is 6.09. The number of fused-ring (bicyclic) bond motifs is 1. The van der Waals surface area contributed by atoms with E-state index in [1.807, 2.05) is 28.5 Å². The highest BCUT2D eigenvalue weighted by Crippen LogP contribution is 2.49. The third kappa shape index (κ3) is 6.01. The number of esters is 1. The summed E-state index contributed by atoms with van der Waals surface area (Å²) in [4.78, 5) is 41.5. The number of unbranched alkanes of at least 4 members (excludes halogenated alkanes) is 2. The molecule has 8 nitrogen and oxygen atoms in total. The Labute approximate surface area is 196 Å². The Morgan fingerprint density at radius 2 is 2.03 bits per heavy atom. The van der Waals surface area contributed by atoms with Crippen molar-refractivity contribution in [3.05, 3.63) is 27.2 Å². The van der Waals surface area contributed by atoms with Gasteiger partial charge in [0.2, 0.25) is 0 Å². The van der Waals surface area contributed by atoms with E-state index in [4.69, 9.17) is 4.74 Å². The molecule has 0 unspecified atom stereocenters. The lowest BCUT2D eigenvalue weighted by Crippen LogP contribution is -2.39. The van der Waals surface area contributed by atoms with Gasteiger partial charge in [0.05, 0.1) is 12.4 Å². The lowest BCUT2D eigenvalue weighted by Gasteiger charge is -2.20. The summed E-state index contributed by atoms with van der Waals surface area (Å²) in [7, 11) is 7.30. The number of hydrogen-bond acceptors (Lipinski definition) is 7. The molecular formula is C22H34N4O4S2. The Morgan fingerprint density at radius 3 is 2.75 bits per heavy atom. The van der Waals surface area contributed by atoms with Crippen LogP contribution in [0.2, 0.25) is 0 Å². The average Bonchev–Trinajstić information content (AvgIpc) is 3.35. The Morgan fingerprint density at radius 1 is 1.25 bits per heavy atom. The number of aromatic nitrogens is 4. The zero-order valence-electron chi connectivity index (χ0n) is 19.5. The quantitative estimate of drug-likeness (QED) is 0.274. The Kier molecular flexibility index (Phi) is 8.55. The second kappa shape index (κ2) is 11.0. The standard InChI is InChI=1S/C22H34N4O4S2/c1-16(30-17(27)10-5-7-11-22(2)12-14-31-32-22)9-6-8-13-26-20(28)18-19(23-15-24(18)3)25(4)21(26)29/h15-16H,5-14H2,1-4H3/t16-,22+/m0/s1. The fourth-order valence-electron chi connectivity index (χ4n) is 4.06. The fraction of sp³-hybridized carbons (Fsp3) is 0.727. The van der Waals surface area contributed by atoms with Crippen molar-refractivity contribution in [2.24, 2.45) is 14.1 Å². The molecule has 32 heavy (non-hydrogen) atoms. The molecule has 1 aliphatic heterocycles. The van der Waals surface area contributed by atoms with Gasteiger partial charge in [0.25, 0.3) is 5.56 Å². The number of carbonyl (C=O) groups is 1. The number of carbonyl (C=O) groups excluding carboxylic acids is 1. The van der Waals surface area contributed by atoms with Crippen molar-refractivity contribution in [2.75, 3.05) is 5.75 Å². The maximum absolute atomic E-state index is 12.7. The minimum absolute atomic E-state index is 0.136. The SMILES string of the molecule is C[C@@H](CCCCn1c(=O)c2c(ncn2C)n(C)c1=O)OC(=O)CCCC[C@]1(C)CCSS1. The summed E-state index contributed by atoms with van der Waals surface area (Å²) < 4.78 is 10.2. The lowest BCUT2D eigenvalue weighted by atomic mass is 9.99. The Bertz CT molecular complexity index is 1050. The maximum Gasteiger partial charge on any atom is 0.332 e. The second-order valence-electron chi connectivity index (χ2n) is 8.93. The highest BCUT2D eigenvalue weighted by molar-refractivity contribution is 8.77. The highest BCUT2D eigenvalue weighted by Gasteiger charge is 2.29. The van der Waals surface area contributed by atoms with Crippen LogP contribution in [0.25, 0.3) is 11.2 Å². The molecule has 178 valence electrons. The molecule has 0 amide bonds. The summed E-state index contributed by atoms with van der Waals surface area (Å²) in [5.74, 6) is 1.09.